The Balaban J connectivity index is 2.08. The second kappa shape index (κ2) is 4.92. The van der Waals surface area contributed by atoms with Gasteiger partial charge in [0, 0.05) is 10.4 Å². The molecule has 0 radical (unpaired) electrons. The summed E-state index contributed by atoms with van der Waals surface area (Å²) in [5.74, 6) is 1.60. The molecule has 0 N–H and O–H groups in total. The van der Waals surface area contributed by atoms with Crippen LogP contribution in [0.3, 0.4) is 0 Å². The molecule has 1 aliphatic rings. The molecule has 0 spiro atoms. The van der Waals surface area contributed by atoms with E-state index in [1.54, 1.807) is 18.4 Å². The van der Waals surface area contributed by atoms with Crippen molar-refractivity contribution in [3.05, 3.63) is 27.0 Å². The lowest BCUT2D eigenvalue weighted by Gasteiger charge is -2.07. The molecule has 0 aliphatic heterocycles. The van der Waals surface area contributed by atoms with Crippen LogP contribution < -0.4 is 10.0 Å². The number of rotatable bonds is 3. The van der Waals surface area contributed by atoms with Crippen LogP contribution in [0, 0.1) is 0 Å². The number of thiazole rings is 1. The molecule has 1 aliphatic carbocycles. The van der Waals surface area contributed by atoms with Gasteiger partial charge < -0.3 is 4.74 Å². The zero-order valence-corrected chi connectivity index (χ0v) is 13.5. The maximum Gasteiger partial charge on any atom is 0.160 e. The lowest BCUT2D eigenvalue weighted by molar-refractivity contribution is 0.415. The van der Waals surface area contributed by atoms with E-state index in [2.05, 4.69) is 36.2 Å². The summed E-state index contributed by atoms with van der Waals surface area (Å²) in [6.07, 6.45) is 2.59. The van der Waals surface area contributed by atoms with E-state index in [0.717, 1.165) is 26.6 Å². The molecule has 1 aromatic heterocycles. The van der Waals surface area contributed by atoms with Crippen molar-refractivity contribution in [1.29, 1.82) is 0 Å². The van der Waals surface area contributed by atoms with Crippen molar-refractivity contribution in [2.24, 2.45) is 0 Å². The van der Waals surface area contributed by atoms with Gasteiger partial charge in [0.15, 0.2) is 3.92 Å². The molecule has 1 unspecified atom stereocenters. The van der Waals surface area contributed by atoms with Crippen LogP contribution in [0.5, 0.6) is 5.75 Å². The fourth-order valence-corrected chi connectivity index (χ4v) is 4.07. The fraction of sp³-hybridized carbons (Fsp3) is 0.308. The van der Waals surface area contributed by atoms with Gasteiger partial charge in [-0.15, -0.1) is 20.6 Å². The van der Waals surface area contributed by atoms with E-state index in [1.165, 1.54) is 23.3 Å². The predicted octanol–water partition coefficient (Wildman–Crippen LogP) is 3.96. The van der Waals surface area contributed by atoms with Crippen LogP contribution in [0.2, 0.25) is 0 Å². The standard InChI is InChI=1S/C13H13BrNOPS/c1-16-8-4-5-9(10(17)6-8)11-12(7-2-3-7)18-13(14)15-11/h4-7H,2-3,17H2,1H3. The molecule has 1 heterocycles. The summed E-state index contributed by atoms with van der Waals surface area (Å²) in [6.45, 7) is 0. The Labute approximate surface area is 121 Å². The van der Waals surface area contributed by atoms with Gasteiger partial charge in [-0.05, 0) is 58.2 Å². The van der Waals surface area contributed by atoms with E-state index in [0.29, 0.717) is 0 Å². The molecule has 2 aromatic rings. The maximum atomic E-state index is 5.24. The maximum absolute atomic E-state index is 5.24. The average Bonchev–Trinajstić information content (AvgIpc) is 3.13. The zero-order chi connectivity index (χ0) is 12.7. The summed E-state index contributed by atoms with van der Waals surface area (Å²) < 4.78 is 6.21. The van der Waals surface area contributed by atoms with Crippen molar-refractivity contribution in [2.75, 3.05) is 7.11 Å². The first-order valence-corrected chi connectivity index (χ1v) is 7.98. The third-order valence-electron chi connectivity index (χ3n) is 3.09. The van der Waals surface area contributed by atoms with Crippen molar-refractivity contribution in [1.82, 2.24) is 4.98 Å². The zero-order valence-electron chi connectivity index (χ0n) is 9.94. The van der Waals surface area contributed by atoms with Crippen molar-refractivity contribution < 1.29 is 4.74 Å². The number of hydrogen-bond acceptors (Lipinski definition) is 3. The van der Waals surface area contributed by atoms with Crippen molar-refractivity contribution in [3.63, 3.8) is 0 Å². The smallest absolute Gasteiger partial charge is 0.160 e. The third-order valence-corrected chi connectivity index (χ3v) is 5.24. The topological polar surface area (TPSA) is 22.1 Å². The highest BCUT2D eigenvalue weighted by atomic mass is 79.9. The van der Waals surface area contributed by atoms with E-state index in [1.807, 2.05) is 12.1 Å². The number of aromatic nitrogens is 1. The van der Waals surface area contributed by atoms with Crippen LogP contribution in [-0.4, -0.2) is 12.1 Å². The lowest BCUT2D eigenvalue weighted by Crippen LogP contribution is -1.99. The van der Waals surface area contributed by atoms with Gasteiger partial charge in [0.2, 0.25) is 0 Å². The number of benzene rings is 1. The summed E-state index contributed by atoms with van der Waals surface area (Å²) in [5.41, 5.74) is 2.31. The molecule has 1 saturated carbocycles. The second-order valence-electron chi connectivity index (χ2n) is 4.41. The van der Waals surface area contributed by atoms with Gasteiger partial charge in [0.1, 0.15) is 5.75 Å². The highest BCUT2D eigenvalue weighted by molar-refractivity contribution is 9.11. The second-order valence-corrected chi connectivity index (χ2v) is 7.34. The van der Waals surface area contributed by atoms with Crippen LogP contribution in [0.1, 0.15) is 23.6 Å². The van der Waals surface area contributed by atoms with Crippen molar-refractivity contribution in [3.8, 4) is 17.0 Å². The molecule has 5 heteroatoms. The molecular formula is C13H13BrNOPS. The number of nitrogens with zero attached hydrogens (tertiary/aromatic N) is 1. The predicted molar refractivity (Wildman–Crippen MR) is 83.1 cm³/mol. The lowest BCUT2D eigenvalue weighted by atomic mass is 10.1. The Morgan fingerprint density at radius 3 is 2.83 bits per heavy atom. The molecule has 18 heavy (non-hydrogen) atoms. The monoisotopic (exact) mass is 341 g/mol. The Hall–Kier alpha value is -0.440. The molecule has 94 valence electrons. The SMILES string of the molecule is COc1ccc(-c2nc(Br)sc2C2CC2)c(P)c1. The van der Waals surface area contributed by atoms with E-state index in [9.17, 15) is 0 Å². The minimum Gasteiger partial charge on any atom is -0.497 e. The fourth-order valence-electron chi connectivity index (χ4n) is 2.00. The first-order valence-electron chi connectivity index (χ1n) is 5.79. The van der Waals surface area contributed by atoms with Crippen molar-refractivity contribution in [2.45, 2.75) is 18.8 Å². The van der Waals surface area contributed by atoms with Gasteiger partial charge in [-0.2, -0.15) is 0 Å². The van der Waals surface area contributed by atoms with Gasteiger partial charge in [-0.25, -0.2) is 4.98 Å². The number of halogens is 1. The van der Waals surface area contributed by atoms with Crippen LogP contribution in [0.25, 0.3) is 11.3 Å². The average molecular weight is 342 g/mol. The largest absolute Gasteiger partial charge is 0.497 e. The Morgan fingerprint density at radius 2 is 2.22 bits per heavy atom. The normalized spacial score (nSPS) is 14.8. The first kappa shape index (κ1) is 12.6. The van der Waals surface area contributed by atoms with Crippen LogP contribution in [0.15, 0.2) is 22.1 Å². The van der Waals surface area contributed by atoms with Crippen LogP contribution in [-0.2, 0) is 0 Å². The van der Waals surface area contributed by atoms with Gasteiger partial charge in [-0.1, -0.05) is 0 Å². The molecule has 0 bridgehead atoms. The minimum atomic E-state index is 0.718. The van der Waals surface area contributed by atoms with E-state index < -0.39 is 0 Å². The van der Waals surface area contributed by atoms with E-state index in [4.69, 9.17) is 4.74 Å². The van der Waals surface area contributed by atoms with Gasteiger partial charge in [0.05, 0.1) is 12.8 Å². The highest BCUT2D eigenvalue weighted by Gasteiger charge is 2.30. The Morgan fingerprint density at radius 1 is 1.44 bits per heavy atom. The first-order chi connectivity index (χ1) is 8.69. The van der Waals surface area contributed by atoms with Crippen molar-refractivity contribution >= 4 is 41.8 Å². The number of methoxy groups -OCH3 is 1. The molecular weight excluding hydrogens is 329 g/mol. The van der Waals surface area contributed by atoms with E-state index in [-0.39, 0.29) is 0 Å². The van der Waals surface area contributed by atoms with Gasteiger partial charge >= 0.3 is 0 Å². The minimum absolute atomic E-state index is 0.718. The Kier molecular flexibility index (Phi) is 3.44. The highest BCUT2D eigenvalue weighted by Crippen LogP contribution is 2.48. The summed E-state index contributed by atoms with van der Waals surface area (Å²) in [4.78, 5) is 6.05. The summed E-state index contributed by atoms with van der Waals surface area (Å²) in [7, 11) is 4.47. The molecule has 3 rings (SSSR count). The molecule has 1 fully saturated rings. The summed E-state index contributed by atoms with van der Waals surface area (Å²) in [5, 5.41) is 1.13. The summed E-state index contributed by atoms with van der Waals surface area (Å²) >= 11 is 5.27. The van der Waals surface area contributed by atoms with Gasteiger partial charge in [0.25, 0.3) is 0 Å². The van der Waals surface area contributed by atoms with Crippen LogP contribution in [0.4, 0.5) is 0 Å². The number of hydrogen-bond donors (Lipinski definition) is 0. The molecule has 0 saturated heterocycles. The van der Waals surface area contributed by atoms with Gasteiger partial charge in [-0.3, -0.25) is 0 Å². The van der Waals surface area contributed by atoms with Crippen LogP contribution >= 0.6 is 36.5 Å². The molecule has 0 amide bonds. The van der Waals surface area contributed by atoms with E-state index >= 15 is 0 Å². The molecule has 2 nitrogen and oxygen atoms in total. The summed E-state index contributed by atoms with van der Waals surface area (Å²) in [6, 6.07) is 6.12. The number of ether oxygens (including phenoxy) is 1. The molecule has 1 atom stereocenters. The Bertz CT molecular complexity index is 595. The molecule has 1 aromatic carbocycles. The third kappa shape index (κ3) is 2.34. The quantitative estimate of drug-likeness (QED) is 0.788.